The third-order valence-corrected chi connectivity index (χ3v) is 2.41. The summed E-state index contributed by atoms with van der Waals surface area (Å²) in [5.74, 6) is 0.922. The molecule has 0 saturated heterocycles. The highest BCUT2D eigenvalue weighted by Crippen LogP contribution is 2.33. The molecule has 0 spiro atoms. The molecule has 0 radical (unpaired) electrons. The lowest BCUT2D eigenvalue weighted by molar-refractivity contribution is 0.181. The van der Waals surface area contributed by atoms with Gasteiger partial charge in [-0.05, 0) is 18.8 Å². The van der Waals surface area contributed by atoms with Gasteiger partial charge in [-0.1, -0.05) is 0 Å². The van der Waals surface area contributed by atoms with Crippen molar-refractivity contribution >= 4 is 27.1 Å². The van der Waals surface area contributed by atoms with E-state index in [-0.39, 0.29) is 0 Å². The van der Waals surface area contributed by atoms with E-state index >= 15 is 0 Å². The second-order valence-electron chi connectivity index (χ2n) is 2.88. The summed E-state index contributed by atoms with van der Waals surface area (Å²) in [5, 5.41) is 0. The van der Waals surface area contributed by atoms with Gasteiger partial charge in [-0.25, -0.2) is 14.8 Å². The standard InChI is InChI=1S/C6H13ClO2S/c1-10(2,3)5-4-9-6(7)8/h4-5H2,1-3H3. The van der Waals surface area contributed by atoms with Crippen LogP contribution < -0.4 is 0 Å². The van der Waals surface area contributed by atoms with Crippen molar-refractivity contribution in [2.24, 2.45) is 0 Å². The third kappa shape index (κ3) is 8.11. The first kappa shape index (κ1) is 10.1. The van der Waals surface area contributed by atoms with Crippen LogP contribution in [0, 0.1) is 0 Å². The average molecular weight is 185 g/mol. The highest BCUT2D eigenvalue weighted by Gasteiger charge is 2.04. The Morgan fingerprint density at radius 1 is 1.50 bits per heavy atom. The second-order valence-corrected chi connectivity index (χ2v) is 7.78. The Morgan fingerprint density at radius 3 is 2.30 bits per heavy atom. The van der Waals surface area contributed by atoms with Crippen LogP contribution in [0.1, 0.15) is 0 Å². The summed E-state index contributed by atoms with van der Waals surface area (Å²) in [4.78, 5) is 10.1. The molecule has 0 amide bonds. The van der Waals surface area contributed by atoms with Gasteiger partial charge in [-0.3, -0.25) is 0 Å². The van der Waals surface area contributed by atoms with E-state index in [1.54, 1.807) is 0 Å². The third-order valence-electron chi connectivity index (χ3n) is 0.911. The molecule has 0 saturated carbocycles. The van der Waals surface area contributed by atoms with E-state index in [1.165, 1.54) is 0 Å². The molecule has 0 bridgehead atoms. The van der Waals surface area contributed by atoms with Gasteiger partial charge in [-0.15, -0.1) is 0 Å². The van der Waals surface area contributed by atoms with Gasteiger partial charge in [0.2, 0.25) is 0 Å². The number of carbonyl (C=O) groups is 1. The predicted molar refractivity (Wildman–Crippen MR) is 47.4 cm³/mol. The van der Waals surface area contributed by atoms with Crippen molar-refractivity contribution in [1.82, 2.24) is 0 Å². The van der Waals surface area contributed by atoms with Crippen molar-refractivity contribution in [1.29, 1.82) is 0 Å². The normalized spacial score (nSPS) is 12.8. The quantitative estimate of drug-likeness (QED) is 0.628. The fourth-order valence-electron chi connectivity index (χ4n) is 0.372. The second kappa shape index (κ2) is 4.09. The lowest BCUT2D eigenvalue weighted by Gasteiger charge is -2.23. The first-order chi connectivity index (χ1) is 4.42. The minimum atomic E-state index is -0.705. The lowest BCUT2D eigenvalue weighted by atomic mass is 10.9. The maximum atomic E-state index is 10.1. The van der Waals surface area contributed by atoms with Crippen LogP contribution in [0.2, 0.25) is 0 Å². The molecule has 0 aromatic heterocycles. The zero-order chi connectivity index (χ0) is 8.20. The molecule has 0 aromatic carbocycles. The topological polar surface area (TPSA) is 26.3 Å². The van der Waals surface area contributed by atoms with Gasteiger partial charge in [0, 0.05) is 17.4 Å². The van der Waals surface area contributed by atoms with Crippen molar-refractivity contribution < 1.29 is 9.53 Å². The molecule has 62 valence electrons. The Balaban J connectivity index is 3.29. The van der Waals surface area contributed by atoms with Crippen LogP contribution in [0.25, 0.3) is 0 Å². The van der Waals surface area contributed by atoms with Gasteiger partial charge >= 0.3 is 5.43 Å². The zero-order valence-corrected chi connectivity index (χ0v) is 8.09. The van der Waals surface area contributed by atoms with Crippen LogP contribution in [0.15, 0.2) is 0 Å². The molecule has 0 aliphatic heterocycles. The minimum absolute atomic E-state index is 0.446. The smallest absolute Gasteiger partial charge is 0.403 e. The summed E-state index contributed by atoms with van der Waals surface area (Å²) >= 11 is 4.95. The average Bonchev–Trinajstić information content (AvgIpc) is 1.59. The van der Waals surface area contributed by atoms with Crippen molar-refractivity contribution in [3.05, 3.63) is 0 Å². The highest BCUT2D eigenvalue weighted by atomic mass is 35.5. The van der Waals surface area contributed by atoms with Crippen molar-refractivity contribution in [2.45, 2.75) is 0 Å². The van der Waals surface area contributed by atoms with E-state index in [0.717, 1.165) is 5.75 Å². The maximum Gasteiger partial charge on any atom is 0.403 e. The van der Waals surface area contributed by atoms with E-state index in [1.807, 2.05) is 0 Å². The van der Waals surface area contributed by atoms with Gasteiger partial charge < -0.3 is 4.74 Å². The number of ether oxygens (including phenoxy) is 1. The molecule has 0 atom stereocenters. The maximum absolute atomic E-state index is 10.1. The van der Waals surface area contributed by atoms with Crippen molar-refractivity contribution in [3.63, 3.8) is 0 Å². The van der Waals surface area contributed by atoms with E-state index in [9.17, 15) is 4.79 Å². The Kier molecular flexibility index (Phi) is 4.13. The molecule has 2 nitrogen and oxygen atoms in total. The summed E-state index contributed by atoms with van der Waals surface area (Å²) in [6.07, 6.45) is 6.49. The van der Waals surface area contributed by atoms with E-state index in [2.05, 4.69) is 23.5 Å². The Hall–Kier alpha value is 0.110. The summed E-state index contributed by atoms with van der Waals surface area (Å²) in [6, 6.07) is 0. The van der Waals surface area contributed by atoms with Gasteiger partial charge in [0.25, 0.3) is 0 Å². The van der Waals surface area contributed by atoms with Crippen LogP contribution in [-0.2, 0) is 4.74 Å². The van der Waals surface area contributed by atoms with Crippen molar-refractivity contribution in [2.75, 3.05) is 31.1 Å². The summed E-state index contributed by atoms with van der Waals surface area (Å²) in [5.41, 5.74) is -0.705. The largest absolute Gasteiger partial charge is 0.453 e. The molecule has 4 heteroatoms. The zero-order valence-electron chi connectivity index (χ0n) is 6.52. The number of carbonyl (C=O) groups excluding carboxylic acids is 1. The molecular formula is C6H13ClO2S. The number of rotatable bonds is 3. The fraction of sp³-hybridized carbons (Fsp3) is 0.833. The van der Waals surface area contributed by atoms with Crippen LogP contribution >= 0.6 is 21.6 Å². The molecule has 0 fully saturated rings. The van der Waals surface area contributed by atoms with Gasteiger partial charge in [0.05, 0.1) is 0 Å². The van der Waals surface area contributed by atoms with Crippen LogP contribution in [0.5, 0.6) is 0 Å². The van der Waals surface area contributed by atoms with E-state index in [4.69, 9.17) is 11.6 Å². The Labute approximate surface area is 68.2 Å². The first-order valence-electron chi connectivity index (χ1n) is 2.90. The number of hydrogen-bond donors (Lipinski definition) is 0. The molecule has 0 N–H and O–H groups in total. The number of hydrogen-bond acceptors (Lipinski definition) is 2. The molecule has 0 aliphatic carbocycles. The summed E-state index contributed by atoms with van der Waals surface area (Å²) in [7, 11) is -0.556. The lowest BCUT2D eigenvalue weighted by Crippen LogP contribution is -2.07. The fourth-order valence-corrected chi connectivity index (χ4v) is 1.03. The van der Waals surface area contributed by atoms with E-state index in [0.29, 0.717) is 6.61 Å². The summed E-state index contributed by atoms with van der Waals surface area (Å²) < 4.78 is 4.57. The monoisotopic (exact) mass is 184 g/mol. The van der Waals surface area contributed by atoms with Crippen molar-refractivity contribution in [3.8, 4) is 0 Å². The van der Waals surface area contributed by atoms with Gasteiger partial charge in [-0.2, -0.15) is 0 Å². The van der Waals surface area contributed by atoms with Crippen LogP contribution in [0.4, 0.5) is 4.79 Å². The molecule has 0 aliphatic rings. The molecule has 0 heterocycles. The Bertz CT molecular complexity index is 119. The van der Waals surface area contributed by atoms with Gasteiger partial charge in [0.15, 0.2) is 0 Å². The summed E-state index contributed by atoms with van der Waals surface area (Å²) in [6.45, 7) is 0.446. The SMILES string of the molecule is CS(C)(C)CCOC(=O)Cl. The molecular weight excluding hydrogens is 172 g/mol. The molecule has 0 rings (SSSR count). The number of halogens is 1. The van der Waals surface area contributed by atoms with Crippen LogP contribution in [0.3, 0.4) is 0 Å². The van der Waals surface area contributed by atoms with Crippen LogP contribution in [-0.4, -0.2) is 36.6 Å². The van der Waals surface area contributed by atoms with Gasteiger partial charge in [0.1, 0.15) is 6.61 Å². The molecule has 10 heavy (non-hydrogen) atoms. The molecule has 0 unspecified atom stereocenters. The highest BCUT2D eigenvalue weighted by molar-refractivity contribution is 8.32. The minimum Gasteiger partial charge on any atom is -0.453 e. The molecule has 0 aromatic rings. The first-order valence-corrected chi connectivity index (χ1v) is 6.30. The van der Waals surface area contributed by atoms with E-state index < -0.39 is 15.5 Å². The Morgan fingerprint density at radius 2 is 2.00 bits per heavy atom. The predicted octanol–water partition coefficient (Wildman–Crippen LogP) is 2.06.